The topological polar surface area (TPSA) is 140 Å². The molecule has 3 amide bonds. The van der Waals surface area contributed by atoms with E-state index in [1.54, 1.807) is 47.9 Å². The van der Waals surface area contributed by atoms with Crippen molar-refractivity contribution in [3.05, 3.63) is 100.0 Å². The van der Waals surface area contributed by atoms with Crippen molar-refractivity contribution in [3.63, 3.8) is 0 Å². The van der Waals surface area contributed by atoms with Gasteiger partial charge in [-0.2, -0.15) is 5.10 Å². The highest BCUT2D eigenvalue weighted by atomic mass is 19.3. The number of aromatic nitrogens is 5. The fraction of sp³-hybridized carbons (Fsp3) is 0.412. The molecule has 4 aliphatic heterocycles. The van der Waals surface area contributed by atoms with Gasteiger partial charge in [-0.15, -0.1) is 0 Å². The molecule has 16 heteroatoms. The maximum absolute atomic E-state index is 14.8. The van der Waals surface area contributed by atoms with E-state index in [9.17, 15) is 32.8 Å². The summed E-state index contributed by atoms with van der Waals surface area (Å²) in [5, 5.41) is 8.39. The van der Waals surface area contributed by atoms with Gasteiger partial charge in [-0.25, -0.2) is 13.6 Å². The SMILES string of the molecule is CC(=O)n1cc2cc(C3CCN(C(=O)CN4CCC(C#Cc5cccc6c5n(C)c(=O)n6C5CCC(=O)NC5=O)CC4)CC3)cc(N3CCCc4cc(-c5cnn(C)c5)c(C(F)F)cc43)c2c1. The average molecular weight is 910 g/mol. The van der Waals surface area contributed by atoms with Gasteiger partial charge in [0, 0.05) is 99.2 Å². The number of para-hydroxylation sites is 1. The van der Waals surface area contributed by atoms with E-state index in [0.717, 1.165) is 84.9 Å². The minimum absolute atomic E-state index is 0.0380. The summed E-state index contributed by atoms with van der Waals surface area (Å²) in [6.45, 7) is 5.22. The second-order valence-corrected chi connectivity index (χ2v) is 18.6. The quantitative estimate of drug-likeness (QED) is 0.136. The molecule has 0 spiro atoms. The monoisotopic (exact) mass is 909 g/mol. The van der Waals surface area contributed by atoms with E-state index >= 15 is 0 Å². The molecule has 7 heterocycles. The van der Waals surface area contributed by atoms with Crippen LogP contribution in [0.25, 0.3) is 32.9 Å². The number of piperidine rings is 3. The lowest BCUT2D eigenvalue weighted by Crippen LogP contribution is -2.45. The Morgan fingerprint density at radius 2 is 1.69 bits per heavy atom. The van der Waals surface area contributed by atoms with Crippen LogP contribution in [0.15, 0.2) is 72.0 Å². The van der Waals surface area contributed by atoms with Crippen LogP contribution in [0, 0.1) is 17.8 Å². The number of alkyl halides is 2. The van der Waals surface area contributed by atoms with E-state index in [-0.39, 0.29) is 53.7 Å². The molecular weight excluding hydrogens is 857 g/mol. The van der Waals surface area contributed by atoms with E-state index in [1.807, 2.05) is 35.5 Å². The number of carbonyl (C=O) groups is 4. The number of amides is 3. The van der Waals surface area contributed by atoms with Crippen LogP contribution in [-0.4, -0.2) is 96.2 Å². The number of hydrogen-bond donors (Lipinski definition) is 1. The second-order valence-electron chi connectivity index (χ2n) is 18.6. The zero-order valence-corrected chi connectivity index (χ0v) is 37.9. The van der Waals surface area contributed by atoms with Crippen molar-refractivity contribution in [1.29, 1.82) is 0 Å². The van der Waals surface area contributed by atoms with Gasteiger partial charge in [-0.1, -0.05) is 17.9 Å². The average Bonchev–Trinajstić information content (AvgIpc) is 4.03. The Labute approximate surface area is 386 Å². The summed E-state index contributed by atoms with van der Waals surface area (Å²) < 4.78 is 35.7. The van der Waals surface area contributed by atoms with Crippen LogP contribution in [0.4, 0.5) is 20.2 Å². The van der Waals surface area contributed by atoms with Crippen LogP contribution >= 0.6 is 0 Å². The first-order valence-electron chi connectivity index (χ1n) is 23.2. The van der Waals surface area contributed by atoms with Crippen LogP contribution in [0.1, 0.15) is 97.3 Å². The summed E-state index contributed by atoms with van der Waals surface area (Å²) in [5.41, 5.74) is 6.48. The summed E-state index contributed by atoms with van der Waals surface area (Å²) in [6.07, 6.45) is 9.59. The number of imidazole rings is 1. The zero-order valence-electron chi connectivity index (χ0n) is 37.9. The van der Waals surface area contributed by atoms with Crippen molar-refractivity contribution in [2.75, 3.05) is 44.2 Å². The molecule has 10 rings (SSSR count). The number of rotatable bonds is 7. The highest BCUT2D eigenvalue weighted by Crippen LogP contribution is 2.45. The Morgan fingerprint density at radius 3 is 2.40 bits per heavy atom. The number of imide groups is 1. The number of nitrogens with one attached hydrogen (secondary N) is 1. The molecule has 3 aromatic heterocycles. The molecule has 3 saturated heterocycles. The predicted molar refractivity (Wildman–Crippen MR) is 250 cm³/mol. The first-order valence-corrected chi connectivity index (χ1v) is 23.2. The van der Waals surface area contributed by atoms with Crippen molar-refractivity contribution in [3.8, 4) is 23.0 Å². The van der Waals surface area contributed by atoms with Gasteiger partial charge in [0.1, 0.15) is 6.04 Å². The van der Waals surface area contributed by atoms with Gasteiger partial charge in [0.25, 0.3) is 6.43 Å². The maximum atomic E-state index is 14.8. The second kappa shape index (κ2) is 17.7. The number of hydrogen-bond acceptors (Lipinski definition) is 8. The Kier molecular flexibility index (Phi) is 11.7. The first kappa shape index (κ1) is 44.0. The molecule has 1 atom stereocenters. The number of aryl methyl sites for hydroxylation is 3. The minimum atomic E-state index is -2.68. The highest BCUT2D eigenvalue weighted by molar-refractivity contribution is 6.01. The summed E-state index contributed by atoms with van der Waals surface area (Å²) in [6, 6.07) is 12.6. The van der Waals surface area contributed by atoms with Crippen LogP contribution < -0.4 is 15.9 Å². The fourth-order valence-corrected chi connectivity index (χ4v) is 10.7. The van der Waals surface area contributed by atoms with Crippen molar-refractivity contribution in [1.82, 2.24) is 38.6 Å². The van der Waals surface area contributed by atoms with E-state index in [4.69, 9.17) is 0 Å². The summed E-state index contributed by atoms with van der Waals surface area (Å²) in [7, 11) is 3.45. The van der Waals surface area contributed by atoms with Crippen LogP contribution in [0.2, 0.25) is 0 Å². The molecule has 1 unspecified atom stereocenters. The number of fused-ring (bicyclic) bond motifs is 3. The van der Waals surface area contributed by atoms with E-state index in [0.29, 0.717) is 53.9 Å². The van der Waals surface area contributed by atoms with Gasteiger partial charge in [0.2, 0.25) is 23.6 Å². The molecule has 346 valence electrons. The molecule has 3 fully saturated rings. The molecular formula is C51H53F2N9O5. The number of anilines is 2. The molecule has 67 heavy (non-hydrogen) atoms. The van der Waals surface area contributed by atoms with Gasteiger partial charge in [-0.3, -0.25) is 47.8 Å². The zero-order chi connectivity index (χ0) is 46.7. The normalized spacial score (nSPS) is 18.7. The largest absolute Gasteiger partial charge is 0.342 e. The Balaban J connectivity index is 0.803. The van der Waals surface area contributed by atoms with E-state index < -0.39 is 18.4 Å². The number of nitrogens with zero attached hydrogens (tertiary/aromatic N) is 8. The van der Waals surface area contributed by atoms with Gasteiger partial charge < -0.3 is 9.80 Å². The third kappa shape index (κ3) is 8.34. The number of carbonyl (C=O) groups excluding carboxylic acids is 4. The van der Waals surface area contributed by atoms with Crippen LogP contribution in [0.5, 0.6) is 0 Å². The number of halogens is 2. The minimum Gasteiger partial charge on any atom is -0.342 e. The fourth-order valence-electron chi connectivity index (χ4n) is 10.7. The van der Waals surface area contributed by atoms with Crippen LogP contribution in [-0.2, 0) is 34.9 Å². The maximum Gasteiger partial charge on any atom is 0.329 e. The lowest BCUT2D eigenvalue weighted by molar-refractivity contribution is -0.136. The third-order valence-electron chi connectivity index (χ3n) is 14.3. The lowest BCUT2D eigenvalue weighted by Gasteiger charge is -2.36. The van der Waals surface area contributed by atoms with Gasteiger partial charge in [0.15, 0.2) is 0 Å². The molecule has 0 saturated carbocycles. The smallest absolute Gasteiger partial charge is 0.329 e. The molecule has 3 aromatic carbocycles. The van der Waals surface area contributed by atoms with Gasteiger partial charge >= 0.3 is 5.69 Å². The van der Waals surface area contributed by atoms with Gasteiger partial charge in [0.05, 0.1) is 35.0 Å². The number of likely N-dealkylation sites (tertiary alicyclic amines) is 2. The summed E-state index contributed by atoms with van der Waals surface area (Å²) in [5.74, 6) is 6.22. The molecule has 0 radical (unpaired) electrons. The molecule has 4 aliphatic rings. The number of benzene rings is 3. The van der Waals surface area contributed by atoms with Crippen molar-refractivity contribution < 1.29 is 28.0 Å². The van der Waals surface area contributed by atoms with Crippen molar-refractivity contribution >= 4 is 56.8 Å². The molecule has 1 N–H and O–H groups in total. The highest BCUT2D eigenvalue weighted by Gasteiger charge is 2.33. The first-order chi connectivity index (χ1) is 32.3. The standard InChI is InChI=1S/C51H53F2N9O5/c1-31(63)60-28-37-22-36(24-45(41(37)29-60)61-17-5-7-35-23-39(38-26-54-56(2)27-38)40(49(52)53)25-44(35)61)33-15-20-59(21-16-33)47(65)30-58-18-13-32(14-19-58)9-10-34-6-4-8-42-48(34)57(3)51(67)62(42)43-11-12-46(64)55-50(43)66/h4,6,8,22-29,32-33,43,49H,5,7,11-21,30H2,1-3H3,(H,55,64,66). The third-order valence-corrected chi connectivity index (χ3v) is 14.3. The Hall–Kier alpha value is -6.86. The van der Waals surface area contributed by atoms with Crippen molar-refractivity contribution in [2.45, 2.75) is 76.7 Å². The molecule has 0 bridgehead atoms. The Morgan fingerprint density at radius 1 is 0.896 bits per heavy atom. The van der Waals surface area contributed by atoms with E-state index in [1.165, 1.54) is 16.1 Å². The Bertz CT molecular complexity index is 3100. The predicted octanol–water partition coefficient (Wildman–Crippen LogP) is 6.82. The molecule has 14 nitrogen and oxygen atoms in total. The summed E-state index contributed by atoms with van der Waals surface area (Å²) >= 11 is 0. The van der Waals surface area contributed by atoms with E-state index in [2.05, 4.69) is 44.2 Å². The lowest BCUT2D eigenvalue weighted by atomic mass is 9.87. The van der Waals surface area contributed by atoms with Crippen LogP contribution in [0.3, 0.4) is 0 Å². The molecule has 0 aliphatic carbocycles. The summed E-state index contributed by atoms with van der Waals surface area (Å²) in [4.78, 5) is 70.5. The van der Waals surface area contributed by atoms with Gasteiger partial charge in [-0.05, 0) is 117 Å². The molecule has 6 aromatic rings. The van der Waals surface area contributed by atoms with Crippen molar-refractivity contribution in [2.24, 2.45) is 20.0 Å².